The van der Waals surface area contributed by atoms with Gasteiger partial charge in [-0.2, -0.15) is 4.98 Å². The number of hydrogen-bond acceptors (Lipinski definition) is 7. The van der Waals surface area contributed by atoms with E-state index in [9.17, 15) is 4.79 Å². The lowest BCUT2D eigenvalue weighted by molar-refractivity contribution is -0.114. The Morgan fingerprint density at radius 2 is 1.94 bits per heavy atom. The van der Waals surface area contributed by atoms with Crippen molar-refractivity contribution in [1.29, 1.82) is 0 Å². The van der Waals surface area contributed by atoms with Crippen LogP contribution in [0.3, 0.4) is 0 Å². The first-order valence-corrected chi connectivity index (χ1v) is 10.5. The number of amides is 1. The molecule has 1 atom stereocenters. The Morgan fingerprint density at radius 1 is 1.13 bits per heavy atom. The number of benzene rings is 2. The van der Waals surface area contributed by atoms with Crippen LogP contribution in [0.5, 0.6) is 0 Å². The van der Waals surface area contributed by atoms with Gasteiger partial charge < -0.3 is 16.0 Å². The molecule has 31 heavy (non-hydrogen) atoms. The number of nitrogens with one attached hydrogen (secondary N) is 3. The van der Waals surface area contributed by atoms with Crippen molar-refractivity contribution in [2.75, 3.05) is 17.2 Å². The van der Waals surface area contributed by atoms with Crippen molar-refractivity contribution < 1.29 is 4.79 Å². The van der Waals surface area contributed by atoms with E-state index in [0.29, 0.717) is 11.8 Å². The number of carbonyl (C=O) groups excluding carboxylic acids is 1. The minimum Gasteiger partial charge on any atom is -0.326 e. The van der Waals surface area contributed by atoms with Crippen molar-refractivity contribution >= 4 is 41.4 Å². The van der Waals surface area contributed by atoms with Crippen LogP contribution in [0.1, 0.15) is 36.3 Å². The van der Waals surface area contributed by atoms with Crippen LogP contribution in [0.4, 0.5) is 17.3 Å². The van der Waals surface area contributed by atoms with Gasteiger partial charge in [0, 0.05) is 29.7 Å². The average molecular weight is 433 g/mol. The monoisotopic (exact) mass is 432 g/mol. The van der Waals surface area contributed by atoms with Crippen LogP contribution in [0, 0.1) is 6.92 Å². The maximum Gasteiger partial charge on any atom is 0.230 e. The quantitative estimate of drug-likeness (QED) is 0.450. The van der Waals surface area contributed by atoms with Gasteiger partial charge in [0.2, 0.25) is 11.9 Å². The summed E-state index contributed by atoms with van der Waals surface area (Å²) in [6.45, 7) is 4.16. The van der Waals surface area contributed by atoms with Gasteiger partial charge in [0.1, 0.15) is 6.33 Å². The maximum atomic E-state index is 11.4. The Kier molecular flexibility index (Phi) is 6.29. The molecule has 3 aromatic rings. The lowest BCUT2D eigenvalue weighted by atomic mass is 9.95. The number of thiol groups is 1. The molecular formula is C23H24N6OS. The van der Waals surface area contributed by atoms with Crippen LogP contribution in [-0.2, 0) is 4.79 Å². The summed E-state index contributed by atoms with van der Waals surface area (Å²) in [6.07, 6.45) is 4.46. The first-order chi connectivity index (χ1) is 15.0. The third-order valence-corrected chi connectivity index (χ3v) is 5.57. The second kappa shape index (κ2) is 9.28. The number of nitrogens with zero attached hydrogens (tertiary/aromatic N) is 3. The van der Waals surface area contributed by atoms with E-state index in [4.69, 9.17) is 0 Å². The number of hydrogen-bond donors (Lipinski definition) is 4. The largest absolute Gasteiger partial charge is 0.326 e. The molecule has 7 nitrogen and oxygen atoms in total. The van der Waals surface area contributed by atoms with E-state index in [1.807, 2.05) is 43.3 Å². The van der Waals surface area contributed by atoms with Crippen molar-refractivity contribution in [2.24, 2.45) is 0 Å². The molecule has 4 rings (SSSR count). The van der Waals surface area contributed by atoms with Gasteiger partial charge in [-0.15, -0.1) is 12.6 Å². The number of anilines is 3. The molecule has 0 fully saturated rings. The van der Waals surface area contributed by atoms with Gasteiger partial charge in [0.05, 0.1) is 6.04 Å². The molecule has 0 saturated heterocycles. The molecule has 0 radical (unpaired) electrons. The predicted molar refractivity (Wildman–Crippen MR) is 126 cm³/mol. The zero-order valence-electron chi connectivity index (χ0n) is 17.4. The second-order valence-electron chi connectivity index (χ2n) is 7.36. The van der Waals surface area contributed by atoms with Gasteiger partial charge in [-0.1, -0.05) is 30.3 Å². The van der Waals surface area contributed by atoms with E-state index in [1.54, 1.807) is 0 Å². The van der Waals surface area contributed by atoms with Gasteiger partial charge in [0.15, 0.2) is 5.82 Å². The molecule has 0 bridgehead atoms. The molecule has 1 aromatic heterocycles. The van der Waals surface area contributed by atoms with E-state index in [1.165, 1.54) is 18.8 Å². The topological polar surface area (TPSA) is 91.8 Å². The Balaban J connectivity index is 1.54. The van der Waals surface area contributed by atoms with E-state index in [-0.39, 0.29) is 11.9 Å². The highest BCUT2D eigenvalue weighted by Gasteiger charge is 2.21. The lowest BCUT2D eigenvalue weighted by Crippen LogP contribution is -2.27. The summed E-state index contributed by atoms with van der Waals surface area (Å²) in [6, 6.07) is 13.7. The van der Waals surface area contributed by atoms with Crippen LogP contribution < -0.4 is 16.0 Å². The molecular weight excluding hydrogens is 408 g/mol. The number of rotatable bonds is 5. The first-order valence-electron chi connectivity index (χ1n) is 10.0. The summed E-state index contributed by atoms with van der Waals surface area (Å²) in [5.74, 6) is 1.02. The Hall–Kier alpha value is -3.23. The summed E-state index contributed by atoms with van der Waals surface area (Å²) in [5, 5.41) is 9.54. The first kappa shape index (κ1) is 21.0. The molecule has 2 aromatic carbocycles. The molecule has 0 spiro atoms. The van der Waals surface area contributed by atoms with E-state index < -0.39 is 0 Å². The lowest BCUT2D eigenvalue weighted by Gasteiger charge is -2.24. The van der Waals surface area contributed by atoms with Crippen LogP contribution in [0.25, 0.3) is 5.57 Å². The van der Waals surface area contributed by atoms with Crippen molar-refractivity contribution in [3.8, 4) is 0 Å². The van der Waals surface area contributed by atoms with Crippen LogP contribution in [0.15, 0.2) is 59.8 Å². The molecule has 1 aliphatic rings. The zero-order valence-corrected chi connectivity index (χ0v) is 18.3. The smallest absolute Gasteiger partial charge is 0.230 e. The standard InChI is InChI=1S/C23H24N6OS/c1-14-18(27-15(2)30)7-5-8-19(14)28-23-26-13-25-22(29-23)20-12-16(10-11-24-20)17-6-3-4-9-21(17)31/h3-10,13,20,24,31H,11-12H2,1-2H3,(H,27,30)(H,25,26,28,29). The summed E-state index contributed by atoms with van der Waals surface area (Å²) < 4.78 is 0. The van der Waals surface area contributed by atoms with E-state index >= 15 is 0 Å². The number of aromatic nitrogens is 3. The minimum absolute atomic E-state index is 0.0247. The van der Waals surface area contributed by atoms with E-state index in [2.05, 4.69) is 55.7 Å². The third kappa shape index (κ3) is 4.92. The molecule has 0 saturated carbocycles. The molecule has 3 N–H and O–H groups in total. The van der Waals surface area contributed by atoms with Gasteiger partial charge in [-0.25, -0.2) is 9.97 Å². The Labute approximate surface area is 186 Å². The summed E-state index contributed by atoms with van der Waals surface area (Å²) >= 11 is 4.60. The fourth-order valence-electron chi connectivity index (χ4n) is 3.60. The molecule has 158 valence electrons. The van der Waals surface area contributed by atoms with Gasteiger partial charge in [-0.05, 0) is 48.2 Å². The van der Waals surface area contributed by atoms with Crippen molar-refractivity contribution in [3.05, 3.63) is 71.8 Å². The molecule has 8 heteroatoms. The van der Waals surface area contributed by atoms with Gasteiger partial charge >= 0.3 is 0 Å². The van der Waals surface area contributed by atoms with Crippen molar-refractivity contribution in [1.82, 2.24) is 20.3 Å². The minimum atomic E-state index is -0.113. The van der Waals surface area contributed by atoms with Gasteiger partial charge in [-0.3, -0.25) is 4.79 Å². The average Bonchev–Trinajstić information content (AvgIpc) is 2.77. The maximum absolute atomic E-state index is 11.4. The molecule has 1 aliphatic heterocycles. The summed E-state index contributed by atoms with van der Waals surface area (Å²) in [4.78, 5) is 25.7. The SMILES string of the molecule is CC(=O)Nc1cccc(Nc2ncnc(C3CC(c4ccccc4S)=CCN3)n2)c1C. The molecule has 0 aliphatic carbocycles. The van der Waals surface area contributed by atoms with Crippen LogP contribution in [-0.4, -0.2) is 27.4 Å². The van der Waals surface area contributed by atoms with Gasteiger partial charge in [0.25, 0.3) is 0 Å². The molecule has 2 heterocycles. The Morgan fingerprint density at radius 3 is 2.74 bits per heavy atom. The highest BCUT2D eigenvalue weighted by atomic mass is 32.1. The summed E-state index contributed by atoms with van der Waals surface area (Å²) in [7, 11) is 0. The van der Waals surface area contributed by atoms with Crippen LogP contribution in [0.2, 0.25) is 0 Å². The second-order valence-corrected chi connectivity index (χ2v) is 7.84. The fourth-order valence-corrected chi connectivity index (χ4v) is 3.91. The highest BCUT2D eigenvalue weighted by Crippen LogP contribution is 2.32. The van der Waals surface area contributed by atoms with Crippen LogP contribution >= 0.6 is 12.6 Å². The van der Waals surface area contributed by atoms with E-state index in [0.717, 1.165) is 40.4 Å². The highest BCUT2D eigenvalue weighted by molar-refractivity contribution is 7.80. The zero-order chi connectivity index (χ0) is 21.8. The normalized spacial score (nSPS) is 15.8. The van der Waals surface area contributed by atoms with Crippen molar-refractivity contribution in [2.45, 2.75) is 31.2 Å². The third-order valence-electron chi connectivity index (χ3n) is 5.18. The molecule has 1 unspecified atom stereocenters. The number of carbonyl (C=O) groups is 1. The van der Waals surface area contributed by atoms with Crippen molar-refractivity contribution in [3.63, 3.8) is 0 Å². The predicted octanol–water partition coefficient (Wildman–Crippen LogP) is 4.29. The Bertz CT molecular complexity index is 1150. The summed E-state index contributed by atoms with van der Waals surface area (Å²) in [5.41, 5.74) is 4.84. The fraction of sp³-hybridized carbons (Fsp3) is 0.217. The molecule has 1 amide bonds.